The van der Waals surface area contributed by atoms with Crippen LogP contribution in [0.15, 0.2) is 16.9 Å². The Morgan fingerprint density at radius 2 is 1.96 bits per heavy atom. The highest BCUT2D eigenvalue weighted by molar-refractivity contribution is 5.92. The number of hydrogen-bond acceptors (Lipinski definition) is 7. The topological polar surface area (TPSA) is 93.7 Å². The zero-order valence-corrected chi connectivity index (χ0v) is 15.8. The molecule has 4 rings (SSSR count). The molecule has 0 atom stereocenters. The average Bonchev–Trinajstić information content (AvgIpc) is 3.47. The number of fused-ring (bicyclic) bond motifs is 1. The number of anilines is 2. The van der Waals surface area contributed by atoms with E-state index in [4.69, 9.17) is 15.5 Å². The summed E-state index contributed by atoms with van der Waals surface area (Å²) in [5.41, 5.74) is 7.29. The Morgan fingerprint density at radius 3 is 2.59 bits per heavy atom. The maximum Gasteiger partial charge on any atom is 0.355 e. The summed E-state index contributed by atoms with van der Waals surface area (Å²) >= 11 is 0. The van der Waals surface area contributed by atoms with Crippen molar-refractivity contribution in [1.29, 1.82) is 0 Å². The minimum Gasteiger partial charge on any atom is -0.461 e. The van der Waals surface area contributed by atoms with Gasteiger partial charge in [-0.25, -0.2) is 9.78 Å². The number of esters is 1. The molecule has 2 fully saturated rings. The second-order valence-corrected chi connectivity index (χ2v) is 7.28. The van der Waals surface area contributed by atoms with Gasteiger partial charge in [0.15, 0.2) is 11.2 Å². The first-order valence-corrected chi connectivity index (χ1v) is 9.46. The molecular weight excluding hydrogens is 346 g/mol. The van der Waals surface area contributed by atoms with Crippen molar-refractivity contribution >= 4 is 28.5 Å². The maximum absolute atomic E-state index is 12.6. The summed E-state index contributed by atoms with van der Waals surface area (Å²) in [6, 6.07) is 3.23. The van der Waals surface area contributed by atoms with E-state index in [9.17, 15) is 9.59 Å². The molecule has 0 aromatic carbocycles. The van der Waals surface area contributed by atoms with E-state index >= 15 is 0 Å². The minimum atomic E-state index is -0.483. The molecule has 0 amide bonds. The Labute approximate surface area is 157 Å². The fourth-order valence-electron chi connectivity index (χ4n) is 3.60. The molecule has 144 valence electrons. The maximum atomic E-state index is 12.6. The molecular formula is C19H25N5O3. The summed E-state index contributed by atoms with van der Waals surface area (Å²) in [6.07, 6.45) is 1.92. The molecule has 1 aliphatic carbocycles. The predicted octanol–water partition coefficient (Wildman–Crippen LogP) is 1.24. The molecule has 0 bridgehead atoms. The minimum absolute atomic E-state index is 0.170. The molecule has 2 aromatic rings. The molecule has 1 saturated heterocycles. The molecule has 8 heteroatoms. The van der Waals surface area contributed by atoms with Crippen molar-refractivity contribution < 1.29 is 9.53 Å². The van der Waals surface area contributed by atoms with Gasteiger partial charge in [0.2, 0.25) is 0 Å². The summed E-state index contributed by atoms with van der Waals surface area (Å²) in [5.74, 6) is 0.202. The van der Waals surface area contributed by atoms with Gasteiger partial charge in [0, 0.05) is 38.3 Å². The van der Waals surface area contributed by atoms with Gasteiger partial charge in [0.25, 0.3) is 0 Å². The second kappa shape index (κ2) is 6.84. The van der Waals surface area contributed by atoms with Gasteiger partial charge in [-0.2, -0.15) is 0 Å². The van der Waals surface area contributed by atoms with Crippen LogP contribution in [0.3, 0.4) is 0 Å². The molecule has 2 aliphatic rings. The highest BCUT2D eigenvalue weighted by Crippen LogP contribution is 2.38. The molecule has 8 nitrogen and oxygen atoms in total. The van der Waals surface area contributed by atoms with Gasteiger partial charge in [-0.05, 0) is 32.9 Å². The number of carbonyl (C=O) groups is 1. The van der Waals surface area contributed by atoms with Crippen LogP contribution >= 0.6 is 0 Å². The van der Waals surface area contributed by atoms with E-state index in [1.54, 1.807) is 13.0 Å². The van der Waals surface area contributed by atoms with Crippen LogP contribution in [0.2, 0.25) is 0 Å². The number of nitrogens with two attached hydrogens (primary N) is 1. The Hall–Kier alpha value is -2.61. The van der Waals surface area contributed by atoms with E-state index < -0.39 is 5.97 Å². The molecule has 2 aromatic heterocycles. The number of pyridine rings is 2. The summed E-state index contributed by atoms with van der Waals surface area (Å²) < 4.78 is 7.03. The summed E-state index contributed by atoms with van der Waals surface area (Å²) in [6.45, 7) is 5.52. The Morgan fingerprint density at radius 1 is 1.26 bits per heavy atom. The number of rotatable bonds is 4. The zero-order valence-electron chi connectivity index (χ0n) is 15.8. The lowest BCUT2D eigenvalue weighted by Gasteiger charge is -2.34. The van der Waals surface area contributed by atoms with Gasteiger partial charge in [-0.1, -0.05) is 0 Å². The molecule has 2 N–H and O–H groups in total. The lowest BCUT2D eigenvalue weighted by Crippen LogP contribution is -2.45. The number of hydrogen-bond donors (Lipinski definition) is 1. The third-order valence-corrected chi connectivity index (χ3v) is 5.23. The van der Waals surface area contributed by atoms with E-state index in [-0.39, 0.29) is 23.8 Å². The van der Waals surface area contributed by atoms with Crippen LogP contribution < -0.4 is 16.1 Å². The number of ether oxygens (including phenoxy) is 1. The normalized spacial score (nSPS) is 18.1. The van der Waals surface area contributed by atoms with Crippen LogP contribution in [-0.4, -0.2) is 60.3 Å². The SMILES string of the molecule is CCOC(=O)c1cc(=O)c2cc(N)c(N3CCN(C)CC3)nc2n1C1CC1. The molecule has 1 saturated carbocycles. The lowest BCUT2D eigenvalue weighted by atomic mass is 10.2. The molecule has 27 heavy (non-hydrogen) atoms. The number of aromatic nitrogens is 2. The van der Waals surface area contributed by atoms with Gasteiger partial charge in [0.05, 0.1) is 17.7 Å². The van der Waals surface area contributed by atoms with Crippen molar-refractivity contribution in [2.75, 3.05) is 50.5 Å². The number of carbonyl (C=O) groups excluding carboxylic acids is 1. The number of likely N-dealkylation sites (N-methyl/N-ethyl adjacent to an activating group) is 1. The van der Waals surface area contributed by atoms with Crippen LogP contribution in [0, 0.1) is 0 Å². The monoisotopic (exact) mass is 371 g/mol. The largest absolute Gasteiger partial charge is 0.461 e. The first-order valence-electron chi connectivity index (χ1n) is 9.46. The zero-order chi connectivity index (χ0) is 19.1. The van der Waals surface area contributed by atoms with Crippen molar-refractivity contribution in [2.24, 2.45) is 0 Å². The summed E-state index contributed by atoms with van der Waals surface area (Å²) in [5, 5.41) is 0.449. The van der Waals surface area contributed by atoms with Crippen molar-refractivity contribution in [1.82, 2.24) is 14.5 Å². The fraction of sp³-hybridized carbons (Fsp3) is 0.526. The highest BCUT2D eigenvalue weighted by Gasteiger charge is 2.31. The predicted molar refractivity (Wildman–Crippen MR) is 104 cm³/mol. The number of piperazine rings is 1. The van der Waals surface area contributed by atoms with E-state index in [2.05, 4.69) is 16.8 Å². The van der Waals surface area contributed by atoms with Gasteiger partial charge >= 0.3 is 5.97 Å². The second-order valence-electron chi connectivity index (χ2n) is 7.28. The highest BCUT2D eigenvalue weighted by atomic mass is 16.5. The van der Waals surface area contributed by atoms with E-state index in [0.29, 0.717) is 22.5 Å². The van der Waals surface area contributed by atoms with E-state index in [1.165, 1.54) is 6.07 Å². The van der Waals surface area contributed by atoms with Gasteiger partial charge in [0.1, 0.15) is 11.3 Å². The van der Waals surface area contributed by atoms with Crippen molar-refractivity contribution in [3.8, 4) is 0 Å². The third-order valence-electron chi connectivity index (χ3n) is 5.23. The van der Waals surface area contributed by atoms with E-state index in [1.807, 2.05) is 4.57 Å². The lowest BCUT2D eigenvalue weighted by molar-refractivity contribution is 0.0513. The first kappa shape index (κ1) is 17.8. The Kier molecular flexibility index (Phi) is 4.51. The van der Waals surface area contributed by atoms with Gasteiger partial charge < -0.3 is 24.8 Å². The van der Waals surface area contributed by atoms with Crippen LogP contribution in [0.1, 0.15) is 36.3 Å². The quantitative estimate of drug-likeness (QED) is 0.808. The van der Waals surface area contributed by atoms with Gasteiger partial charge in [-0.3, -0.25) is 4.79 Å². The van der Waals surface area contributed by atoms with Crippen LogP contribution in [0.25, 0.3) is 11.0 Å². The number of nitrogens with zero attached hydrogens (tertiary/aromatic N) is 4. The van der Waals surface area contributed by atoms with Crippen LogP contribution in [0.4, 0.5) is 11.5 Å². The van der Waals surface area contributed by atoms with Gasteiger partial charge in [-0.15, -0.1) is 0 Å². The first-order chi connectivity index (χ1) is 13.0. The molecule has 1 aliphatic heterocycles. The molecule has 0 spiro atoms. The molecule has 0 radical (unpaired) electrons. The molecule has 3 heterocycles. The smallest absolute Gasteiger partial charge is 0.355 e. The van der Waals surface area contributed by atoms with Crippen molar-refractivity contribution in [3.05, 3.63) is 28.0 Å². The van der Waals surface area contributed by atoms with Crippen LogP contribution in [0.5, 0.6) is 0 Å². The third kappa shape index (κ3) is 3.25. The van der Waals surface area contributed by atoms with E-state index in [0.717, 1.165) is 39.0 Å². The van der Waals surface area contributed by atoms with Crippen molar-refractivity contribution in [3.63, 3.8) is 0 Å². The van der Waals surface area contributed by atoms with Crippen LogP contribution in [-0.2, 0) is 4.74 Å². The summed E-state index contributed by atoms with van der Waals surface area (Å²) in [7, 11) is 2.09. The standard InChI is InChI=1S/C19H25N5O3/c1-3-27-19(26)15-11-16(25)13-10-14(20)18(23-8-6-22(2)7-9-23)21-17(13)24(15)12-4-5-12/h10-12H,3-9,20H2,1-2H3. The van der Waals surface area contributed by atoms with Crippen molar-refractivity contribution in [2.45, 2.75) is 25.8 Å². The summed E-state index contributed by atoms with van der Waals surface area (Å²) in [4.78, 5) is 34.3. The average molecular weight is 371 g/mol. The molecule has 0 unspecified atom stereocenters. The number of nitrogen functional groups attached to an aromatic ring is 1. The Bertz CT molecular complexity index is 942. The fourth-order valence-corrected chi connectivity index (χ4v) is 3.60. The Balaban J connectivity index is 1.88.